The average molecular weight is 390 g/mol. The van der Waals surface area contributed by atoms with E-state index in [0.29, 0.717) is 21.6 Å². The molecule has 1 amide bonds. The van der Waals surface area contributed by atoms with Crippen LogP contribution in [0.1, 0.15) is 27.7 Å². The number of carbonyl (C=O) groups excluding carboxylic acids is 1. The zero-order chi connectivity index (χ0) is 19.3. The van der Waals surface area contributed by atoms with Gasteiger partial charge in [0.05, 0.1) is 17.0 Å². The molecule has 1 atom stereocenters. The van der Waals surface area contributed by atoms with Crippen LogP contribution < -0.4 is 10.3 Å². The molecule has 2 aromatic carbocycles. The molecule has 5 rings (SSSR count). The Hall–Kier alpha value is -3.51. The summed E-state index contributed by atoms with van der Waals surface area (Å²) in [5.41, 5.74) is 1.04. The molecule has 2 aromatic heterocycles. The lowest BCUT2D eigenvalue weighted by molar-refractivity contribution is 0.0969. The Balaban J connectivity index is 1.84. The van der Waals surface area contributed by atoms with E-state index in [1.807, 2.05) is 6.07 Å². The van der Waals surface area contributed by atoms with Crippen LogP contribution in [-0.2, 0) is 0 Å². The average Bonchev–Trinajstić information content (AvgIpc) is 3.02. The number of carbonyl (C=O) groups is 1. The van der Waals surface area contributed by atoms with Gasteiger partial charge in [-0.25, -0.2) is 9.97 Å². The molecule has 0 saturated carbocycles. The van der Waals surface area contributed by atoms with E-state index >= 15 is 0 Å². The Bertz CT molecular complexity index is 1290. The van der Waals surface area contributed by atoms with Crippen LogP contribution in [0.5, 0.6) is 0 Å². The van der Waals surface area contributed by atoms with Gasteiger partial charge >= 0.3 is 0 Å². The third kappa shape index (κ3) is 2.42. The first-order valence-corrected chi connectivity index (χ1v) is 8.95. The molecule has 6 nitrogen and oxygen atoms in total. The number of halogens is 1. The quantitative estimate of drug-likeness (QED) is 0.518. The second-order valence-corrected chi connectivity index (χ2v) is 6.79. The van der Waals surface area contributed by atoms with Crippen molar-refractivity contribution in [3.05, 3.63) is 99.1 Å². The summed E-state index contributed by atoms with van der Waals surface area (Å²) in [4.78, 5) is 36.3. The summed E-state index contributed by atoms with van der Waals surface area (Å²) in [7, 11) is 0. The molecule has 3 heterocycles. The zero-order valence-corrected chi connectivity index (χ0v) is 15.1. The van der Waals surface area contributed by atoms with Gasteiger partial charge in [0.1, 0.15) is 5.58 Å². The minimum atomic E-state index is -0.732. The normalized spacial score (nSPS) is 15.8. The highest BCUT2D eigenvalue weighted by molar-refractivity contribution is 6.30. The molecule has 7 heteroatoms. The van der Waals surface area contributed by atoms with Crippen molar-refractivity contribution in [2.24, 2.45) is 0 Å². The first-order chi connectivity index (χ1) is 13.6. The van der Waals surface area contributed by atoms with E-state index in [0.717, 1.165) is 0 Å². The monoisotopic (exact) mass is 389 g/mol. The van der Waals surface area contributed by atoms with Crippen LogP contribution in [0.2, 0.25) is 5.02 Å². The van der Waals surface area contributed by atoms with Crippen LogP contribution >= 0.6 is 11.6 Å². The molecule has 0 bridgehead atoms. The number of hydrogen-bond acceptors (Lipinski definition) is 5. The fraction of sp³-hybridized carbons (Fsp3) is 0.0476. The van der Waals surface area contributed by atoms with E-state index in [9.17, 15) is 9.59 Å². The summed E-state index contributed by atoms with van der Waals surface area (Å²) in [6.07, 6.45) is 3.08. The largest absolute Gasteiger partial charge is 0.450 e. The van der Waals surface area contributed by atoms with Gasteiger partial charge in [0, 0.05) is 17.4 Å². The SMILES string of the molecule is O=C1c2oc3ccccc3c(=O)c2[C@@H](c2cccc(Cl)c2)N1c1ncccn1. The summed E-state index contributed by atoms with van der Waals surface area (Å²) < 4.78 is 5.85. The van der Waals surface area contributed by atoms with E-state index < -0.39 is 11.9 Å². The van der Waals surface area contributed by atoms with E-state index in [-0.39, 0.29) is 22.7 Å². The molecule has 0 saturated heterocycles. The van der Waals surface area contributed by atoms with Gasteiger partial charge in [0.15, 0.2) is 5.43 Å². The molecule has 136 valence electrons. The molecular weight excluding hydrogens is 378 g/mol. The third-order valence-electron chi connectivity index (χ3n) is 4.71. The molecule has 0 unspecified atom stereocenters. The van der Waals surface area contributed by atoms with E-state index in [2.05, 4.69) is 9.97 Å². The van der Waals surface area contributed by atoms with Crippen LogP contribution in [0.15, 0.2) is 76.2 Å². The van der Waals surface area contributed by atoms with Crippen molar-refractivity contribution >= 4 is 34.4 Å². The Kier molecular flexibility index (Phi) is 3.74. The first-order valence-electron chi connectivity index (χ1n) is 8.57. The minimum absolute atomic E-state index is 0.00104. The lowest BCUT2D eigenvalue weighted by atomic mass is 9.99. The van der Waals surface area contributed by atoms with Crippen LogP contribution in [0, 0.1) is 0 Å². The molecule has 0 aliphatic carbocycles. The Morgan fingerprint density at radius 3 is 2.54 bits per heavy atom. The second-order valence-electron chi connectivity index (χ2n) is 6.35. The summed E-state index contributed by atoms with van der Waals surface area (Å²) >= 11 is 6.18. The lowest BCUT2D eigenvalue weighted by Crippen LogP contribution is -2.31. The van der Waals surface area contributed by atoms with Gasteiger partial charge in [-0.05, 0) is 35.9 Å². The number of nitrogens with zero attached hydrogens (tertiary/aromatic N) is 3. The lowest BCUT2D eigenvalue weighted by Gasteiger charge is -2.23. The number of para-hydroxylation sites is 1. The van der Waals surface area contributed by atoms with Crippen LogP contribution in [0.3, 0.4) is 0 Å². The topological polar surface area (TPSA) is 76.3 Å². The maximum Gasteiger partial charge on any atom is 0.297 e. The molecule has 1 aliphatic heterocycles. The van der Waals surface area contributed by atoms with Crippen molar-refractivity contribution in [3.8, 4) is 0 Å². The van der Waals surface area contributed by atoms with Crippen molar-refractivity contribution in [1.29, 1.82) is 0 Å². The van der Waals surface area contributed by atoms with Gasteiger partial charge in [-0.2, -0.15) is 0 Å². The predicted octanol–water partition coefficient (Wildman–Crippen LogP) is 3.99. The molecule has 0 fully saturated rings. The van der Waals surface area contributed by atoms with Crippen molar-refractivity contribution in [2.45, 2.75) is 6.04 Å². The highest BCUT2D eigenvalue weighted by Crippen LogP contribution is 2.40. The predicted molar refractivity (Wildman–Crippen MR) is 105 cm³/mol. The fourth-order valence-electron chi connectivity index (χ4n) is 3.53. The number of hydrogen-bond donors (Lipinski definition) is 0. The van der Waals surface area contributed by atoms with Gasteiger partial charge < -0.3 is 4.42 Å². The summed E-state index contributed by atoms with van der Waals surface area (Å²) in [5, 5.41) is 0.911. The molecular formula is C21H12ClN3O3. The third-order valence-corrected chi connectivity index (χ3v) is 4.94. The van der Waals surface area contributed by atoms with Crippen LogP contribution in [-0.4, -0.2) is 15.9 Å². The van der Waals surface area contributed by atoms with Crippen molar-refractivity contribution in [1.82, 2.24) is 9.97 Å². The smallest absolute Gasteiger partial charge is 0.297 e. The Labute approximate surface area is 164 Å². The molecule has 0 N–H and O–H groups in total. The Morgan fingerprint density at radius 2 is 1.75 bits per heavy atom. The van der Waals surface area contributed by atoms with Gasteiger partial charge in [-0.3, -0.25) is 14.5 Å². The molecule has 0 spiro atoms. The maximum atomic E-state index is 13.3. The number of benzene rings is 2. The standard InChI is InChI=1S/C21H12ClN3O3/c22-13-6-3-5-12(11-13)17-16-18(26)14-7-1-2-8-15(14)28-19(16)20(27)25(17)21-23-9-4-10-24-21/h1-11,17H/t17-/m1/s1. The number of amides is 1. The van der Waals surface area contributed by atoms with E-state index in [1.54, 1.807) is 60.9 Å². The maximum absolute atomic E-state index is 13.3. The first kappa shape index (κ1) is 16.6. The molecule has 1 aliphatic rings. The minimum Gasteiger partial charge on any atom is -0.450 e. The molecule has 4 aromatic rings. The van der Waals surface area contributed by atoms with E-state index in [4.69, 9.17) is 16.0 Å². The number of rotatable bonds is 2. The van der Waals surface area contributed by atoms with Crippen molar-refractivity contribution in [3.63, 3.8) is 0 Å². The highest BCUT2D eigenvalue weighted by atomic mass is 35.5. The van der Waals surface area contributed by atoms with Gasteiger partial charge in [0.2, 0.25) is 11.7 Å². The van der Waals surface area contributed by atoms with Crippen molar-refractivity contribution in [2.75, 3.05) is 4.90 Å². The number of aromatic nitrogens is 2. The summed E-state index contributed by atoms with van der Waals surface area (Å²) in [6, 6.07) is 14.8. The van der Waals surface area contributed by atoms with Gasteiger partial charge in [-0.15, -0.1) is 0 Å². The molecule has 28 heavy (non-hydrogen) atoms. The highest BCUT2D eigenvalue weighted by Gasteiger charge is 2.44. The van der Waals surface area contributed by atoms with Gasteiger partial charge in [0.25, 0.3) is 5.91 Å². The molecule has 0 radical (unpaired) electrons. The zero-order valence-electron chi connectivity index (χ0n) is 14.4. The van der Waals surface area contributed by atoms with E-state index in [1.165, 1.54) is 4.90 Å². The van der Waals surface area contributed by atoms with Crippen LogP contribution in [0.25, 0.3) is 11.0 Å². The summed E-state index contributed by atoms with van der Waals surface area (Å²) in [6.45, 7) is 0. The second kappa shape index (κ2) is 6.28. The number of fused-ring (bicyclic) bond motifs is 2. The van der Waals surface area contributed by atoms with Crippen molar-refractivity contribution < 1.29 is 9.21 Å². The summed E-state index contributed by atoms with van der Waals surface area (Å²) in [5.74, 6) is -0.275. The van der Waals surface area contributed by atoms with Gasteiger partial charge in [-0.1, -0.05) is 35.9 Å². The number of anilines is 1. The Morgan fingerprint density at radius 1 is 0.964 bits per heavy atom. The fourth-order valence-corrected chi connectivity index (χ4v) is 3.73. The van der Waals surface area contributed by atoms with Crippen LogP contribution in [0.4, 0.5) is 5.95 Å².